The van der Waals surface area contributed by atoms with Crippen LogP contribution < -0.4 is 0 Å². The van der Waals surface area contributed by atoms with Crippen molar-refractivity contribution in [2.45, 2.75) is 38.0 Å². The summed E-state index contributed by atoms with van der Waals surface area (Å²) in [5.74, 6) is 1.02. The highest BCUT2D eigenvalue weighted by molar-refractivity contribution is 7.99. The molecule has 2 rings (SSSR count). The minimum atomic E-state index is -0.737. The van der Waals surface area contributed by atoms with Gasteiger partial charge in [-0.15, -0.1) is 11.8 Å². The molecule has 1 atom stereocenters. The van der Waals surface area contributed by atoms with E-state index in [-0.39, 0.29) is 0 Å². The van der Waals surface area contributed by atoms with Gasteiger partial charge < -0.3 is 5.11 Å². The molecule has 1 aromatic rings. The summed E-state index contributed by atoms with van der Waals surface area (Å²) in [5, 5.41) is 9.13. The minimum Gasteiger partial charge on any atom is -0.481 e. The average molecular weight is 250 g/mol. The summed E-state index contributed by atoms with van der Waals surface area (Å²) in [4.78, 5) is 12.4. The first-order chi connectivity index (χ1) is 7.90. The second kappa shape index (κ2) is 4.37. The van der Waals surface area contributed by atoms with Gasteiger partial charge in [-0.3, -0.25) is 4.79 Å². The molecule has 1 N–H and O–H groups in total. The number of aliphatic carboxylic acids is 1. The maximum Gasteiger partial charge on any atom is 0.309 e. The largest absolute Gasteiger partial charge is 0.481 e. The fourth-order valence-corrected chi connectivity index (χ4v) is 3.39. The number of carboxylic acid groups (broad SMARTS) is 1. The van der Waals surface area contributed by atoms with Gasteiger partial charge in [0, 0.05) is 10.6 Å². The Kier molecular flexibility index (Phi) is 3.21. The molecule has 0 aliphatic carbocycles. The third-order valence-electron chi connectivity index (χ3n) is 3.32. The van der Waals surface area contributed by atoms with Crippen molar-refractivity contribution in [3.05, 3.63) is 29.3 Å². The first-order valence-electron chi connectivity index (χ1n) is 5.89. The lowest BCUT2D eigenvalue weighted by molar-refractivity contribution is -0.146. The van der Waals surface area contributed by atoms with Crippen molar-refractivity contribution >= 4 is 17.7 Å². The molecule has 1 aliphatic rings. The molecular weight excluding hydrogens is 232 g/mol. The van der Waals surface area contributed by atoms with E-state index >= 15 is 0 Å². The van der Waals surface area contributed by atoms with Gasteiger partial charge in [0.05, 0.1) is 5.41 Å². The average Bonchev–Trinajstić information content (AvgIpc) is 2.59. The smallest absolute Gasteiger partial charge is 0.309 e. The Morgan fingerprint density at radius 3 is 2.88 bits per heavy atom. The van der Waals surface area contributed by atoms with E-state index in [9.17, 15) is 4.79 Å². The van der Waals surface area contributed by atoms with E-state index in [0.717, 1.165) is 11.3 Å². The van der Waals surface area contributed by atoms with Gasteiger partial charge in [0.2, 0.25) is 0 Å². The number of benzene rings is 1. The molecule has 2 nitrogen and oxygen atoms in total. The molecule has 0 amide bonds. The van der Waals surface area contributed by atoms with Gasteiger partial charge in [-0.25, -0.2) is 0 Å². The molecule has 1 aromatic carbocycles. The van der Waals surface area contributed by atoms with Crippen LogP contribution in [0, 0.1) is 5.41 Å². The number of hydrogen-bond acceptors (Lipinski definition) is 2. The van der Waals surface area contributed by atoms with E-state index in [1.165, 1.54) is 10.5 Å². The first-order valence-corrected chi connectivity index (χ1v) is 6.88. The molecule has 17 heavy (non-hydrogen) atoms. The third kappa shape index (κ3) is 2.49. The maximum atomic E-state index is 11.1. The SMILES string of the molecule is CC1CSc2cc(CC(C)(C)C(=O)O)ccc21. The van der Waals surface area contributed by atoms with Crippen molar-refractivity contribution in [3.63, 3.8) is 0 Å². The summed E-state index contributed by atoms with van der Waals surface area (Å²) in [6.07, 6.45) is 0.588. The molecule has 1 heterocycles. The Balaban J connectivity index is 2.22. The van der Waals surface area contributed by atoms with E-state index in [4.69, 9.17) is 5.11 Å². The highest BCUT2D eigenvalue weighted by atomic mass is 32.2. The number of hydrogen-bond donors (Lipinski definition) is 1. The molecule has 1 unspecified atom stereocenters. The van der Waals surface area contributed by atoms with Crippen molar-refractivity contribution < 1.29 is 9.90 Å². The zero-order valence-electron chi connectivity index (χ0n) is 10.5. The lowest BCUT2D eigenvalue weighted by atomic mass is 9.85. The van der Waals surface area contributed by atoms with Crippen LogP contribution in [-0.4, -0.2) is 16.8 Å². The van der Waals surface area contributed by atoms with Gasteiger partial charge in [0.25, 0.3) is 0 Å². The van der Waals surface area contributed by atoms with Crippen LogP contribution in [0.5, 0.6) is 0 Å². The van der Waals surface area contributed by atoms with Crippen molar-refractivity contribution in [2.75, 3.05) is 5.75 Å². The molecular formula is C14H18O2S. The predicted octanol–water partition coefficient (Wildman–Crippen LogP) is 3.55. The second-order valence-electron chi connectivity index (χ2n) is 5.45. The van der Waals surface area contributed by atoms with Crippen LogP contribution in [0.4, 0.5) is 0 Å². The zero-order chi connectivity index (χ0) is 12.6. The van der Waals surface area contributed by atoms with Crippen LogP contribution in [0.3, 0.4) is 0 Å². The van der Waals surface area contributed by atoms with Gasteiger partial charge >= 0.3 is 5.97 Å². The first kappa shape index (κ1) is 12.5. The van der Waals surface area contributed by atoms with Gasteiger partial charge in [-0.05, 0) is 43.4 Å². The molecule has 3 heteroatoms. The highest BCUT2D eigenvalue weighted by Crippen LogP contribution is 2.40. The number of thioether (sulfide) groups is 1. The lowest BCUT2D eigenvalue weighted by Gasteiger charge is -2.19. The van der Waals surface area contributed by atoms with Crippen LogP contribution >= 0.6 is 11.8 Å². The molecule has 92 valence electrons. The minimum absolute atomic E-state index is 0.588. The molecule has 0 radical (unpaired) electrons. The van der Waals surface area contributed by atoms with Crippen LogP contribution in [0.25, 0.3) is 0 Å². The summed E-state index contributed by atoms with van der Waals surface area (Å²) in [7, 11) is 0. The van der Waals surface area contributed by atoms with Crippen molar-refractivity contribution in [2.24, 2.45) is 5.41 Å². The second-order valence-corrected chi connectivity index (χ2v) is 6.51. The van der Waals surface area contributed by atoms with Gasteiger partial charge in [0.1, 0.15) is 0 Å². The number of carboxylic acids is 1. The normalized spacial score (nSPS) is 19.1. The van der Waals surface area contributed by atoms with E-state index in [0.29, 0.717) is 12.3 Å². The lowest BCUT2D eigenvalue weighted by Crippen LogP contribution is -2.26. The standard InChI is InChI=1S/C14H18O2S/c1-9-8-17-12-6-10(4-5-11(9)12)7-14(2,3)13(15)16/h4-6,9H,7-8H2,1-3H3,(H,15,16). The Morgan fingerprint density at radius 2 is 2.24 bits per heavy atom. The monoisotopic (exact) mass is 250 g/mol. The summed E-state index contributed by atoms with van der Waals surface area (Å²) in [6, 6.07) is 6.40. The van der Waals surface area contributed by atoms with Crippen LogP contribution in [-0.2, 0) is 11.2 Å². The van der Waals surface area contributed by atoms with E-state index in [1.807, 2.05) is 11.8 Å². The Morgan fingerprint density at radius 1 is 1.53 bits per heavy atom. The summed E-state index contributed by atoms with van der Waals surface area (Å²) in [5.41, 5.74) is 1.84. The summed E-state index contributed by atoms with van der Waals surface area (Å²) in [6.45, 7) is 5.79. The van der Waals surface area contributed by atoms with Crippen LogP contribution in [0.15, 0.2) is 23.1 Å². The fourth-order valence-electron chi connectivity index (χ4n) is 2.11. The van der Waals surface area contributed by atoms with E-state index < -0.39 is 11.4 Å². The number of rotatable bonds is 3. The molecule has 0 bridgehead atoms. The van der Waals surface area contributed by atoms with Gasteiger partial charge in [-0.2, -0.15) is 0 Å². The van der Waals surface area contributed by atoms with E-state index in [2.05, 4.69) is 25.1 Å². The van der Waals surface area contributed by atoms with Gasteiger partial charge in [-0.1, -0.05) is 19.1 Å². The molecule has 0 fully saturated rings. The Bertz CT molecular complexity index is 452. The van der Waals surface area contributed by atoms with Crippen molar-refractivity contribution in [1.82, 2.24) is 0 Å². The quantitative estimate of drug-likeness (QED) is 0.891. The molecule has 0 saturated heterocycles. The predicted molar refractivity (Wildman–Crippen MR) is 70.7 cm³/mol. The van der Waals surface area contributed by atoms with Crippen LogP contribution in [0.1, 0.15) is 37.8 Å². The maximum absolute atomic E-state index is 11.1. The highest BCUT2D eigenvalue weighted by Gasteiger charge is 2.28. The number of fused-ring (bicyclic) bond motifs is 1. The number of carbonyl (C=O) groups is 1. The Labute approximate surface area is 106 Å². The van der Waals surface area contributed by atoms with E-state index in [1.54, 1.807) is 13.8 Å². The van der Waals surface area contributed by atoms with Gasteiger partial charge in [0.15, 0.2) is 0 Å². The summed E-state index contributed by atoms with van der Waals surface area (Å²) >= 11 is 1.88. The fraction of sp³-hybridized carbons (Fsp3) is 0.500. The van der Waals surface area contributed by atoms with Crippen LogP contribution in [0.2, 0.25) is 0 Å². The third-order valence-corrected chi connectivity index (χ3v) is 4.65. The summed E-state index contributed by atoms with van der Waals surface area (Å²) < 4.78 is 0. The molecule has 0 spiro atoms. The molecule has 1 aliphatic heterocycles. The van der Waals surface area contributed by atoms with Crippen molar-refractivity contribution in [1.29, 1.82) is 0 Å². The molecule has 0 aromatic heterocycles. The Hall–Kier alpha value is -0.960. The zero-order valence-corrected chi connectivity index (χ0v) is 11.3. The topological polar surface area (TPSA) is 37.3 Å². The van der Waals surface area contributed by atoms with Crippen molar-refractivity contribution in [3.8, 4) is 0 Å². The molecule has 0 saturated carbocycles.